The highest BCUT2D eigenvalue weighted by Gasteiger charge is 2.13. The number of aromatic nitrogens is 2. The van der Waals surface area contributed by atoms with Crippen molar-refractivity contribution in [1.29, 1.82) is 0 Å². The van der Waals surface area contributed by atoms with Gasteiger partial charge in [0.25, 0.3) is 0 Å². The largest absolute Gasteiger partial charge is 0.356 e. The highest BCUT2D eigenvalue weighted by molar-refractivity contribution is 6.30. The number of rotatable bonds is 3. The Balaban J connectivity index is 1.79. The lowest BCUT2D eigenvalue weighted by Gasteiger charge is -2.27. The average Bonchev–Trinajstić information content (AvgIpc) is 2.50. The van der Waals surface area contributed by atoms with E-state index in [9.17, 15) is 4.79 Å². The third kappa shape index (κ3) is 3.45. The Labute approximate surface area is 129 Å². The molecule has 0 bridgehead atoms. The Bertz CT molecular complexity index is 677. The summed E-state index contributed by atoms with van der Waals surface area (Å²) in [5, 5.41) is 0.679. The molecule has 1 aliphatic heterocycles. The van der Waals surface area contributed by atoms with E-state index in [1.54, 1.807) is 4.57 Å². The fraction of sp³-hybridized carbons (Fsp3) is 0.375. The molecule has 110 valence electrons. The molecule has 4 nitrogen and oxygen atoms in total. The molecule has 1 aromatic carbocycles. The standard InChI is InChI=1S/C16H18ClN3O/c17-14-6-4-5-13(11-14)12-20-10-7-15(18-16(20)21)19-8-2-1-3-9-19/h4-7,10-11H,1-3,8-9,12H2. The number of piperidine rings is 1. The van der Waals surface area contributed by atoms with Gasteiger partial charge >= 0.3 is 5.69 Å². The van der Waals surface area contributed by atoms with Crippen molar-refractivity contribution in [2.45, 2.75) is 25.8 Å². The van der Waals surface area contributed by atoms with Gasteiger partial charge in [-0.2, -0.15) is 4.98 Å². The molecule has 0 aliphatic carbocycles. The summed E-state index contributed by atoms with van der Waals surface area (Å²) in [6.07, 6.45) is 5.43. The van der Waals surface area contributed by atoms with Crippen molar-refractivity contribution in [3.8, 4) is 0 Å². The molecule has 0 unspecified atom stereocenters. The highest BCUT2D eigenvalue weighted by Crippen LogP contribution is 2.16. The van der Waals surface area contributed by atoms with Gasteiger partial charge in [-0.1, -0.05) is 23.7 Å². The minimum Gasteiger partial charge on any atom is -0.356 e. The van der Waals surface area contributed by atoms with E-state index in [4.69, 9.17) is 11.6 Å². The van der Waals surface area contributed by atoms with Crippen molar-refractivity contribution >= 4 is 17.4 Å². The first kappa shape index (κ1) is 14.1. The Hall–Kier alpha value is -1.81. The summed E-state index contributed by atoms with van der Waals surface area (Å²) < 4.78 is 1.61. The first-order chi connectivity index (χ1) is 10.2. The molecule has 0 atom stereocenters. The molecule has 1 fully saturated rings. The van der Waals surface area contributed by atoms with Crippen molar-refractivity contribution < 1.29 is 0 Å². The van der Waals surface area contributed by atoms with E-state index in [-0.39, 0.29) is 5.69 Å². The maximum atomic E-state index is 12.2. The summed E-state index contributed by atoms with van der Waals surface area (Å²) in [5.74, 6) is 0.794. The fourth-order valence-corrected chi connectivity index (χ4v) is 2.88. The summed E-state index contributed by atoms with van der Waals surface area (Å²) in [6.45, 7) is 2.47. The Kier molecular flexibility index (Phi) is 4.25. The van der Waals surface area contributed by atoms with E-state index in [1.165, 1.54) is 19.3 Å². The van der Waals surface area contributed by atoms with E-state index in [0.717, 1.165) is 24.5 Å². The van der Waals surface area contributed by atoms with Gasteiger partial charge in [0.15, 0.2) is 0 Å². The molecule has 0 radical (unpaired) electrons. The van der Waals surface area contributed by atoms with Crippen molar-refractivity contribution in [3.63, 3.8) is 0 Å². The van der Waals surface area contributed by atoms with Crippen LogP contribution in [-0.2, 0) is 6.54 Å². The van der Waals surface area contributed by atoms with Gasteiger partial charge in [0.2, 0.25) is 0 Å². The zero-order valence-corrected chi connectivity index (χ0v) is 12.6. The van der Waals surface area contributed by atoms with Crippen LogP contribution in [0.1, 0.15) is 24.8 Å². The fourth-order valence-electron chi connectivity index (χ4n) is 2.67. The van der Waals surface area contributed by atoms with Crippen LogP contribution >= 0.6 is 11.6 Å². The summed E-state index contributed by atoms with van der Waals surface area (Å²) in [5.41, 5.74) is 0.787. The van der Waals surface area contributed by atoms with Crippen molar-refractivity contribution in [1.82, 2.24) is 9.55 Å². The van der Waals surface area contributed by atoms with E-state index >= 15 is 0 Å². The van der Waals surface area contributed by atoms with E-state index in [0.29, 0.717) is 11.6 Å². The molecule has 2 aromatic rings. The first-order valence-electron chi connectivity index (χ1n) is 7.29. The quantitative estimate of drug-likeness (QED) is 0.875. The lowest BCUT2D eigenvalue weighted by atomic mass is 10.1. The van der Waals surface area contributed by atoms with Crippen LogP contribution in [-0.4, -0.2) is 22.6 Å². The summed E-state index contributed by atoms with van der Waals surface area (Å²) in [6, 6.07) is 9.46. The van der Waals surface area contributed by atoms with Crippen LogP contribution in [0.3, 0.4) is 0 Å². The zero-order chi connectivity index (χ0) is 14.7. The Morgan fingerprint density at radius 1 is 1.14 bits per heavy atom. The molecule has 2 heterocycles. The topological polar surface area (TPSA) is 38.1 Å². The summed E-state index contributed by atoms with van der Waals surface area (Å²) in [4.78, 5) is 18.6. The maximum absolute atomic E-state index is 12.2. The van der Waals surface area contributed by atoms with Crippen LogP contribution in [0.15, 0.2) is 41.3 Å². The monoisotopic (exact) mass is 303 g/mol. The van der Waals surface area contributed by atoms with Crippen LogP contribution in [0.5, 0.6) is 0 Å². The minimum atomic E-state index is -0.210. The number of benzene rings is 1. The molecule has 1 aliphatic rings. The first-order valence-corrected chi connectivity index (χ1v) is 7.67. The molecule has 0 spiro atoms. The Morgan fingerprint density at radius 2 is 1.95 bits per heavy atom. The smallest absolute Gasteiger partial charge is 0.349 e. The van der Waals surface area contributed by atoms with E-state index < -0.39 is 0 Å². The van der Waals surface area contributed by atoms with Crippen LogP contribution in [0.25, 0.3) is 0 Å². The SMILES string of the molecule is O=c1nc(N2CCCCC2)ccn1Cc1cccc(Cl)c1. The maximum Gasteiger partial charge on any atom is 0.349 e. The van der Waals surface area contributed by atoms with Crippen LogP contribution in [0.2, 0.25) is 5.02 Å². The molecule has 5 heteroatoms. The highest BCUT2D eigenvalue weighted by atomic mass is 35.5. The molecule has 1 aromatic heterocycles. The second-order valence-corrected chi connectivity index (χ2v) is 5.81. The third-order valence-corrected chi connectivity index (χ3v) is 4.02. The van der Waals surface area contributed by atoms with Crippen molar-refractivity contribution in [2.24, 2.45) is 0 Å². The van der Waals surface area contributed by atoms with Crippen LogP contribution in [0.4, 0.5) is 5.82 Å². The molecule has 0 saturated carbocycles. The van der Waals surface area contributed by atoms with Gasteiger partial charge in [0.1, 0.15) is 5.82 Å². The van der Waals surface area contributed by atoms with Gasteiger partial charge in [-0.3, -0.25) is 4.57 Å². The molecule has 0 N–H and O–H groups in total. The van der Waals surface area contributed by atoms with Gasteiger partial charge in [-0.25, -0.2) is 4.79 Å². The lowest BCUT2D eigenvalue weighted by Crippen LogP contribution is -2.33. The van der Waals surface area contributed by atoms with Gasteiger partial charge in [0.05, 0.1) is 6.54 Å². The molecular formula is C16H18ClN3O. The minimum absolute atomic E-state index is 0.210. The van der Waals surface area contributed by atoms with E-state index in [2.05, 4.69) is 9.88 Å². The third-order valence-electron chi connectivity index (χ3n) is 3.78. The number of nitrogens with zero attached hydrogens (tertiary/aromatic N) is 3. The number of halogens is 1. The lowest BCUT2D eigenvalue weighted by molar-refractivity contribution is 0.570. The summed E-state index contributed by atoms with van der Waals surface area (Å²) in [7, 11) is 0. The van der Waals surface area contributed by atoms with Gasteiger partial charge in [-0.15, -0.1) is 0 Å². The molecular weight excluding hydrogens is 286 g/mol. The zero-order valence-electron chi connectivity index (χ0n) is 11.8. The Morgan fingerprint density at radius 3 is 2.67 bits per heavy atom. The van der Waals surface area contributed by atoms with Crippen LogP contribution in [0, 0.1) is 0 Å². The molecule has 1 saturated heterocycles. The number of hydrogen-bond acceptors (Lipinski definition) is 3. The van der Waals surface area contributed by atoms with Crippen LogP contribution < -0.4 is 10.6 Å². The summed E-state index contributed by atoms with van der Waals surface area (Å²) >= 11 is 5.97. The second-order valence-electron chi connectivity index (χ2n) is 5.37. The average molecular weight is 304 g/mol. The molecule has 21 heavy (non-hydrogen) atoms. The molecule has 3 rings (SSSR count). The van der Waals surface area contributed by atoms with Crippen molar-refractivity contribution in [2.75, 3.05) is 18.0 Å². The molecule has 0 amide bonds. The second kappa shape index (κ2) is 6.31. The van der Waals surface area contributed by atoms with Crippen molar-refractivity contribution in [3.05, 3.63) is 57.6 Å². The predicted molar refractivity (Wildman–Crippen MR) is 85.1 cm³/mol. The van der Waals surface area contributed by atoms with Gasteiger partial charge < -0.3 is 4.90 Å². The number of anilines is 1. The van der Waals surface area contributed by atoms with E-state index in [1.807, 2.05) is 36.5 Å². The van der Waals surface area contributed by atoms with Gasteiger partial charge in [0, 0.05) is 24.3 Å². The predicted octanol–water partition coefficient (Wildman–Crippen LogP) is 2.94. The normalized spacial score (nSPS) is 15.2. The van der Waals surface area contributed by atoms with Gasteiger partial charge in [-0.05, 0) is 43.0 Å². The number of hydrogen-bond donors (Lipinski definition) is 0.